The maximum absolute atomic E-state index is 13.4. The van der Waals surface area contributed by atoms with Crippen LogP contribution in [-0.2, 0) is 0 Å². The zero-order valence-electron chi connectivity index (χ0n) is 8.35. The third-order valence-corrected chi connectivity index (χ3v) is 2.25. The van der Waals surface area contributed by atoms with Gasteiger partial charge in [0.05, 0.1) is 5.69 Å². The number of rotatable bonds is 4. The van der Waals surface area contributed by atoms with Crippen molar-refractivity contribution in [3.8, 4) is 0 Å². The average molecular weight is 217 g/mol. The number of benzene rings is 1. The summed E-state index contributed by atoms with van der Waals surface area (Å²) < 4.78 is 13.4. The lowest BCUT2D eigenvalue weighted by Gasteiger charge is -2.19. The molecule has 0 saturated heterocycles. The molecule has 0 unspecified atom stereocenters. The highest BCUT2D eigenvalue weighted by Gasteiger charge is 2.06. The number of nitrogens with one attached hydrogen (secondary N) is 1. The van der Waals surface area contributed by atoms with Crippen LogP contribution in [0.5, 0.6) is 0 Å². The number of hydrogen-bond acceptors (Lipinski definition) is 2. The van der Waals surface area contributed by atoms with Crippen molar-refractivity contribution in [3.05, 3.63) is 29.0 Å². The number of anilines is 1. The maximum atomic E-state index is 13.4. The Morgan fingerprint density at radius 3 is 2.79 bits per heavy atom. The molecule has 14 heavy (non-hydrogen) atoms. The molecule has 0 radical (unpaired) electrons. The van der Waals surface area contributed by atoms with Gasteiger partial charge in [-0.05, 0) is 25.2 Å². The van der Waals surface area contributed by atoms with Crippen molar-refractivity contribution in [2.45, 2.75) is 0 Å². The van der Waals surface area contributed by atoms with E-state index in [0.717, 1.165) is 13.1 Å². The lowest BCUT2D eigenvalue weighted by Crippen LogP contribution is -2.27. The topological polar surface area (TPSA) is 15.3 Å². The van der Waals surface area contributed by atoms with Crippen LogP contribution in [0.3, 0.4) is 0 Å². The molecule has 0 heterocycles. The highest BCUT2D eigenvalue weighted by Crippen LogP contribution is 2.21. The first-order valence-electron chi connectivity index (χ1n) is 4.46. The molecule has 1 aromatic carbocycles. The Morgan fingerprint density at radius 1 is 1.50 bits per heavy atom. The van der Waals surface area contributed by atoms with Crippen LogP contribution in [0.4, 0.5) is 10.1 Å². The minimum atomic E-state index is -0.281. The van der Waals surface area contributed by atoms with E-state index in [1.807, 2.05) is 19.0 Å². The summed E-state index contributed by atoms with van der Waals surface area (Å²) in [6.45, 7) is 1.58. The van der Waals surface area contributed by atoms with Crippen LogP contribution in [-0.4, -0.2) is 27.2 Å². The van der Waals surface area contributed by atoms with Gasteiger partial charge in [0.15, 0.2) is 0 Å². The van der Waals surface area contributed by atoms with Crippen LogP contribution in [0, 0.1) is 5.82 Å². The molecule has 1 rings (SSSR count). The smallest absolute Gasteiger partial charge is 0.147 e. The van der Waals surface area contributed by atoms with Gasteiger partial charge in [-0.2, -0.15) is 0 Å². The van der Waals surface area contributed by atoms with Crippen molar-refractivity contribution < 1.29 is 4.39 Å². The Balaban J connectivity index is 2.74. The Bertz CT molecular complexity index is 304. The second-order valence-electron chi connectivity index (χ2n) is 3.12. The molecule has 0 bridgehead atoms. The molecule has 0 aliphatic heterocycles. The first kappa shape index (κ1) is 11.3. The molecule has 4 heteroatoms. The number of hydrogen-bond donors (Lipinski definition) is 1. The van der Waals surface area contributed by atoms with Gasteiger partial charge in [0.2, 0.25) is 0 Å². The summed E-state index contributed by atoms with van der Waals surface area (Å²) >= 11 is 5.66. The summed E-state index contributed by atoms with van der Waals surface area (Å²) in [6, 6.07) is 4.70. The minimum Gasteiger partial charge on any atom is -0.371 e. The molecule has 0 saturated carbocycles. The van der Waals surface area contributed by atoms with Gasteiger partial charge in [-0.15, -0.1) is 0 Å². The van der Waals surface area contributed by atoms with E-state index >= 15 is 0 Å². The van der Waals surface area contributed by atoms with Crippen LogP contribution < -0.4 is 10.2 Å². The molecule has 0 atom stereocenters. The summed E-state index contributed by atoms with van der Waals surface area (Å²) in [4.78, 5) is 1.85. The summed E-state index contributed by atoms with van der Waals surface area (Å²) in [7, 11) is 3.72. The van der Waals surface area contributed by atoms with Crippen molar-refractivity contribution in [1.29, 1.82) is 0 Å². The van der Waals surface area contributed by atoms with Crippen LogP contribution in [0.25, 0.3) is 0 Å². The molecular weight excluding hydrogens is 203 g/mol. The normalized spacial score (nSPS) is 10.3. The maximum Gasteiger partial charge on any atom is 0.147 e. The Morgan fingerprint density at radius 2 is 2.21 bits per heavy atom. The molecule has 0 amide bonds. The first-order chi connectivity index (χ1) is 6.65. The molecule has 1 aromatic rings. The minimum absolute atomic E-state index is 0.281. The summed E-state index contributed by atoms with van der Waals surface area (Å²) in [5.41, 5.74) is 0.574. The van der Waals surface area contributed by atoms with Crippen LogP contribution in [0.2, 0.25) is 5.02 Å². The van der Waals surface area contributed by atoms with E-state index in [4.69, 9.17) is 11.6 Å². The lowest BCUT2D eigenvalue weighted by molar-refractivity contribution is 0.620. The van der Waals surface area contributed by atoms with Crippen LogP contribution in [0.1, 0.15) is 0 Å². The standard InChI is InChI=1S/C10H14ClFN2/c1-13-5-6-14(2)10-4-3-8(11)7-9(10)12/h3-4,7,13H,5-6H2,1-2H3. The van der Waals surface area contributed by atoms with E-state index in [2.05, 4.69) is 5.32 Å². The van der Waals surface area contributed by atoms with E-state index in [0.29, 0.717) is 10.7 Å². The Hall–Kier alpha value is -0.800. The summed E-state index contributed by atoms with van der Waals surface area (Å²) in [5.74, 6) is -0.281. The van der Waals surface area contributed by atoms with Crippen molar-refractivity contribution in [3.63, 3.8) is 0 Å². The van der Waals surface area contributed by atoms with E-state index in [9.17, 15) is 4.39 Å². The van der Waals surface area contributed by atoms with E-state index in [-0.39, 0.29) is 5.82 Å². The van der Waals surface area contributed by atoms with Crippen LogP contribution >= 0.6 is 11.6 Å². The zero-order chi connectivity index (χ0) is 10.6. The highest BCUT2D eigenvalue weighted by molar-refractivity contribution is 6.30. The van der Waals surface area contributed by atoms with Crippen molar-refractivity contribution in [2.75, 3.05) is 32.1 Å². The molecule has 78 valence electrons. The fourth-order valence-electron chi connectivity index (χ4n) is 1.19. The van der Waals surface area contributed by atoms with Gasteiger partial charge in [0.1, 0.15) is 5.82 Å². The second kappa shape index (κ2) is 5.17. The fourth-order valence-corrected chi connectivity index (χ4v) is 1.35. The monoisotopic (exact) mass is 216 g/mol. The van der Waals surface area contributed by atoms with Crippen LogP contribution in [0.15, 0.2) is 18.2 Å². The number of halogens is 2. The molecule has 1 N–H and O–H groups in total. The molecule has 2 nitrogen and oxygen atoms in total. The van der Waals surface area contributed by atoms with Crippen molar-refractivity contribution in [2.24, 2.45) is 0 Å². The predicted molar refractivity (Wildman–Crippen MR) is 58.6 cm³/mol. The Kier molecular flexibility index (Phi) is 4.17. The van der Waals surface area contributed by atoms with E-state index in [1.54, 1.807) is 12.1 Å². The highest BCUT2D eigenvalue weighted by atomic mass is 35.5. The number of nitrogens with zero attached hydrogens (tertiary/aromatic N) is 1. The van der Waals surface area contributed by atoms with Gasteiger partial charge in [0.25, 0.3) is 0 Å². The lowest BCUT2D eigenvalue weighted by atomic mass is 10.3. The molecule has 0 aromatic heterocycles. The van der Waals surface area contributed by atoms with Crippen molar-refractivity contribution >= 4 is 17.3 Å². The molecule has 0 spiro atoms. The summed E-state index contributed by atoms with van der Waals surface area (Å²) in [6.07, 6.45) is 0. The van der Waals surface area contributed by atoms with Gasteiger partial charge < -0.3 is 10.2 Å². The van der Waals surface area contributed by atoms with Gasteiger partial charge >= 0.3 is 0 Å². The van der Waals surface area contributed by atoms with E-state index in [1.165, 1.54) is 6.07 Å². The first-order valence-corrected chi connectivity index (χ1v) is 4.83. The third kappa shape index (κ3) is 2.86. The van der Waals surface area contributed by atoms with Gasteiger partial charge in [0, 0.05) is 25.2 Å². The second-order valence-corrected chi connectivity index (χ2v) is 3.56. The predicted octanol–water partition coefficient (Wildman–Crippen LogP) is 2.13. The zero-order valence-corrected chi connectivity index (χ0v) is 9.11. The quantitative estimate of drug-likeness (QED) is 0.830. The summed E-state index contributed by atoms with van der Waals surface area (Å²) in [5, 5.41) is 3.43. The largest absolute Gasteiger partial charge is 0.371 e. The van der Waals surface area contributed by atoms with Gasteiger partial charge in [-0.3, -0.25) is 0 Å². The third-order valence-electron chi connectivity index (χ3n) is 2.02. The molecule has 0 fully saturated rings. The van der Waals surface area contributed by atoms with Crippen molar-refractivity contribution in [1.82, 2.24) is 5.32 Å². The van der Waals surface area contributed by atoms with Gasteiger partial charge in [-0.1, -0.05) is 11.6 Å². The average Bonchev–Trinajstić information content (AvgIpc) is 2.14. The van der Waals surface area contributed by atoms with Gasteiger partial charge in [-0.25, -0.2) is 4.39 Å². The SMILES string of the molecule is CNCCN(C)c1ccc(Cl)cc1F. The molecular formula is C10H14ClFN2. The number of likely N-dealkylation sites (N-methyl/N-ethyl adjacent to an activating group) is 2. The Labute approximate surface area is 88.7 Å². The molecule has 0 aliphatic carbocycles. The fraction of sp³-hybridized carbons (Fsp3) is 0.400. The van der Waals surface area contributed by atoms with E-state index < -0.39 is 0 Å². The molecule has 0 aliphatic rings.